The van der Waals surface area contributed by atoms with E-state index >= 15 is 0 Å². The maximum absolute atomic E-state index is 13.2. The standard InChI is InChI=1S/C26H30ClN3O4/c1-3-4-14-28-24(32)18(2)30(17-19-9-7-10-20(27)16-19)23(31)13-8-15-29-25(33)21-11-5-6-12-22(21)26(29)34/h5-7,9-12,16,18H,3-4,8,13-15,17H2,1-2H3,(H,28,32). The molecule has 0 saturated carbocycles. The monoisotopic (exact) mass is 483 g/mol. The van der Waals surface area contributed by atoms with E-state index in [0.717, 1.165) is 18.4 Å². The molecule has 2 aromatic rings. The summed E-state index contributed by atoms with van der Waals surface area (Å²) in [6.07, 6.45) is 2.22. The van der Waals surface area contributed by atoms with Crippen LogP contribution in [-0.4, -0.2) is 52.6 Å². The van der Waals surface area contributed by atoms with Gasteiger partial charge in [-0.1, -0.05) is 49.2 Å². The molecule has 0 bridgehead atoms. The van der Waals surface area contributed by atoms with Crippen LogP contribution in [0.15, 0.2) is 48.5 Å². The number of carbonyl (C=O) groups excluding carboxylic acids is 4. The van der Waals surface area contributed by atoms with E-state index in [1.165, 1.54) is 9.80 Å². The molecule has 34 heavy (non-hydrogen) atoms. The molecule has 1 aliphatic heterocycles. The van der Waals surface area contributed by atoms with Gasteiger partial charge in [-0.15, -0.1) is 0 Å². The molecule has 1 N–H and O–H groups in total. The number of carbonyl (C=O) groups is 4. The minimum absolute atomic E-state index is 0.0978. The second-order valence-electron chi connectivity index (χ2n) is 8.38. The highest BCUT2D eigenvalue weighted by molar-refractivity contribution is 6.30. The summed E-state index contributed by atoms with van der Waals surface area (Å²) in [4.78, 5) is 53.7. The minimum Gasteiger partial charge on any atom is -0.354 e. The van der Waals surface area contributed by atoms with Crippen LogP contribution in [0.25, 0.3) is 0 Å². The Morgan fingerprint density at radius 2 is 1.71 bits per heavy atom. The van der Waals surface area contributed by atoms with Gasteiger partial charge >= 0.3 is 0 Å². The third kappa shape index (κ3) is 6.03. The molecule has 0 spiro atoms. The summed E-state index contributed by atoms with van der Waals surface area (Å²) < 4.78 is 0. The molecule has 1 aliphatic rings. The summed E-state index contributed by atoms with van der Waals surface area (Å²) in [5.41, 5.74) is 1.59. The van der Waals surface area contributed by atoms with Crippen LogP contribution in [0.5, 0.6) is 0 Å². The average Bonchev–Trinajstić information content (AvgIpc) is 3.07. The first-order valence-electron chi connectivity index (χ1n) is 11.6. The summed E-state index contributed by atoms with van der Waals surface area (Å²) in [5.74, 6) is -1.13. The minimum atomic E-state index is -0.678. The first kappa shape index (κ1) is 25.4. The topological polar surface area (TPSA) is 86.8 Å². The fourth-order valence-corrected chi connectivity index (χ4v) is 4.14. The zero-order chi connectivity index (χ0) is 24.7. The lowest BCUT2D eigenvalue weighted by Gasteiger charge is -2.29. The summed E-state index contributed by atoms with van der Waals surface area (Å²) in [7, 11) is 0. The number of nitrogens with one attached hydrogen (secondary N) is 1. The Bertz CT molecular complexity index is 1040. The van der Waals surface area contributed by atoms with Gasteiger partial charge in [-0.25, -0.2) is 0 Å². The Balaban J connectivity index is 1.65. The number of hydrogen-bond donors (Lipinski definition) is 1. The average molecular weight is 484 g/mol. The molecule has 0 radical (unpaired) electrons. The van der Waals surface area contributed by atoms with E-state index in [1.807, 2.05) is 13.0 Å². The lowest BCUT2D eigenvalue weighted by Crippen LogP contribution is -2.48. The summed E-state index contributed by atoms with van der Waals surface area (Å²) in [6.45, 7) is 4.67. The molecule has 0 fully saturated rings. The van der Waals surface area contributed by atoms with Crippen molar-refractivity contribution in [1.82, 2.24) is 15.1 Å². The fourth-order valence-electron chi connectivity index (χ4n) is 3.92. The number of amides is 4. The van der Waals surface area contributed by atoms with E-state index in [-0.39, 0.29) is 43.1 Å². The maximum Gasteiger partial charge on any atom is 0.261 e. The number of nitrogens with zero attached hydrogens (tertiary/aromatic N) is 2. The molecule has 4 amide bonds. The predicted molar refractivity (Wildman–Crippen MR) is 130 cm³/mol. The summed E-state index contributed by atoms with van der Waals surface area (Å²) in [6, 6.07) is 13.2. The highest BCUT2D eigenvalue weighted by Crippen LogP contribution is 2.23. The van der Waals surface area contributed by atoms with Gasteiger partial charge in [0.25, 0.3) is 11.8 Å². The molecule has 2 aromatic carbocycles. The van der Waals surface area contributed by atoms with Gasteiger partial charge in [0.05, 0.1) is 11.1 Å². The highest BCUT2D eigenvalue weighted by atomic mass is 35.5. The first-order chi connectivity index (χ1) is 16.3. The van der Waals surface area contributed by atoms with E-state index in [9.17, 15) is 19.2 Å². The Morgan fingerprint density at radius 1 is 1.03 bits per heavy atom. The molecule has 1 unspecified atom stereocenters. The number of rotatable bonds is 11. The van der Waals surface area contributed by atoms with E-state index < -0.39 is 6.04 Å². The van der Waals surface area contributed by atoms with E-state index in [2.05, 4.69) is 5.32 Å². The zero-order valence-corrected chi connectivity index (χ0v) is 20.3. The smallest absolute Gasteiger partial charge is 0.261 e. The molecule has 0 aliphatic carbocycles. The lowest BCUT2D eigenvalue weighted by molar-refractivity contribution is -0.140. The van der Waals surface area contributed by atoms with Gasteiger partial charge in [-0.05, 0) is 49.6 Å². The quantitative estimate of drug-likeness (QED) is 0.386. The van der Waals surface area contributed by atoms with Crippen molar-refractivity contribution in [3.8, 4) is 0 Å². The third-order valence-corrected chi connectivity index (χ3v) is 6.12. The van der Waals surface area contributed by atoms with E-state index in [4.69, 9.17) is 11.6 Å². The number of fused-ring (bicyclic) bond motifs is 1. The summed E-state index contributed by atoms with van der Waals surface area (Å²) in [5, 5.41) is 3.43. The number of imide groups is 1. The van der Waals surface area contributed by atoms with Crippen LogP contribution < -0.4 is 5.32 Å². The van der Waals surface area contributed by atoms with Crippen molar-refractivity contribution < 1.29 is 19.2 Å². The van der Waals surface area contributed by atoms with Gasteiger partial charge in [0.15, 0.2) is 0 Å². The van der Waals surface area contributed by atoms with Crippen molar-refractivity contribution in [1.29, 1.82) is 0 Å². The van der Waals surface area contributed by atoms with Gasteiger partial charge in [0, 0.05) is 31.1 Å². The highest BCUT2D eigenvalue weighted by Gasteiger charge is 2.35. The number of halogens is 1. The molecular weight excluding hydrogens is 454 g/mol. The van der Waals surface area contributed by atoms with Crippen LogP contribution in [-0.2, 0) is 16.1 Å². The second kappa shape index (κ2) is 11.8. The summed E-state index contributed by atoms with van der Waals surface area (Å²) >= 11 is 6.10. The van der Waals surface area contributed by atoms with Crippen LogP contribution in [0.2, 0.25) is 5.02 Å². The second-order valence-corrected chi connectivity index (χ2v) is 8.82. The third-order valence-electron chi connectivity index (χ3n) is 5.89. The zero-order valence-electron chi connectivity index (χ0n) is 19.6. The predicted octanol–water partition coefficient (Wildman–Crippen LogP) is 4.05. The van der Waals surface area contributed by atoms with Gasteiger partial charge in [0.2, 0.25) is 11.8 Å². The molecule has 0 aromatic heterocycles. The van der Waals surface area contributed by atoms with Crippen LogP contribution in [0.1, 0.15) is 65.8 Å². The number of benzene rings is 2. The Labute approximate surface area is 205 Å². The maximum atomic E-state index is 13.2. The van der Waals surface area contributed by atoms with Crippen LogP contribution in [0, 0.1) is 0 Å². The van der Waals surface area contributed by atoms with Crippen molar-refractivity contribution in [2.75, 3.05) is 13.1 Å². The molecule has 1 heterocycles. The van der Waals surface area contributed by atoms with Crippen LogP contribution in [0.3, 0.4) is 0 Å². The Kier molecular flexibility index (Phi) is 8.82. The van der Waals surface area contributed by atoms with Crippen molar-refractivity contribution >= 4 is 35.2 Å². The van der Waals surface area contributed by atoms with Crippen LogP contribution >= 0.6 is 11.6 Å². The Hall–Kier alpha value is -3.19. The van der Waals surface area contributed by atoms with Gasteiger partial charge < -0.3 is 10.2 Å². The van der Waals surface area contributed by atoms with Crippen molar-refractivity contribution in [3.05, 3.63) is 70.2 Å². The molecule has 1 atom stereocenters. The molecule has 180 valence electrons. The van der Waals surface area contributed by atoms with Crippen LogP contribution in [0.4, 0.5) is 0 Å². The first-order valence-corrected chi connectivity index (χ1v) is 12.0. The van der Waals surface area contributed by atoms with Gasteiger partial charge in [0.1, 0.15) is 6.04 Å². The van der Waals surface area contributed by atoms with Crippen molar-refractivity contribution in [3.63, 3.8) is 0 Å². The number of unbranched alkanes of at least 4 members (excludes halogenated alkanes) is 1. The van der Waals surface area contributed by atoms with Crippen molar-refractivity contribution in [2.24, 2.45) is 0 Å². The Morgan fingerprint density at radius 3 is 2.32 bits per heavy atom. The van der Waals surface area contributed by atoms with Crippen molar-refractivity contribution in [2.45, 2.75) is 52.1 Å². The van der Waals surface area contributed by atoms with Gasteiger partial charge in [-0.2, -0.15) is 0 Å². The normalized spacial score (nSPS) is 13.6. The molecule has 8 heteroatoms. The lowest BCUT2D eigenvalue weighted by atomic mass is 10.1. The SMILES string of the molecule is CCCCNC(=O)C(C)N(Cc1cccc(Cl)c1)C(=O)CCCN1C(=O)c2ccccc2C1=O. The number of hydrogen-bond acceptors (Lipinski definition) is 4. The largest absolute Gasteiger partial charge is 0.354 e. The fraction of sp³-hybridized carbons (Fsp3) is 0.385. The molecule has 0 saturated heterocycles. The van der Waals surface area contributed by atoms with Gasteiger partial charge in [-0.3, -0.25) is 24.1 Å². The molecule has 3 rings (SSSR count). The van der Waals surface area contributed by atoms with E-state index in [1.54, 1.807) is 49.4 Å². The van der Waals surface area contributed by atoms with E-state index in [0.29, 0.717) is 29.1 Å². The molecular formula is C26H30ClN3O4. The molecule has 7 nitrogen and oxygen atoms in total.